The summed E-state index contributed by atoms with van der Waals surface area (Å²) in [6.45, 7) is 0.435. The van der Waals surface area contributed by atoms with E-state index < -0.39 is 9.84 Å². The molecule has 90 valence electrons. The first-order chi connectivity index (χ1) is 7.29. The van der Waals surface area contributed by atoms with E-state index in [2.05, 4.69) is 15.9 Å². The van der Waals surface area contributed by atoms with Crippen LogP contribution in [-0.2, 0) is 9.84 Å². The van der Waals surface area contributed by atoms with E-state index in [1.807, 2.05) is 24.1 Å². The molecule has 0 spiro atoms. The van der Waals surface area contributed by atoms with Gasteiger partial charge in [-0.3, -0.25) is 0 Å². The first kappa shape index (κ1) is 13.3. The molecule has 0 aliphatic heterocycles. The number of hydrogen-bond acceptors (Lipinski definition) is 4. The summed E-state index contributed by atoms with van der Waals surface area (Å²) < 4.78 is 23.0. The molecule has 1 rings (SSSR count). The Morgan fingerprint density at radius 1 is 1.44 bits per heavy atom. The van der Waals surface area contributed by atoms with Crippen LogP contribution in [0.2, 0.25) is 0 Å². The van der Waals surface area contributed by atoms with Crippen LogP contribution in [0.15, 0.2) is 22.7 Å². The number of sulfone groups is 1. The molecule has 0 atom stereocenters. The minimum Gasteiger partial charge on any atom is -0.397 e. The van der Waals surface area contributed by atoms with Crippen LogP contribution in [0.3, 0.4) is 0 Å². The summed E-state index contributed by atoms with van der Waals surface area (Å²) in [5, 5.41) is 0. The summed E-state index contributed by atoms with van der Waals surface area (Å²) in [6.07, 6.45) is 1.23. The van der Waals surface area contributed by atoms with Crippen LogP contribution in [0, 0.1) is 0 Å². The van der Waals surface area contributed by atoms with Gasteiger partial charge < -0.3 is 10.6 Å². The fourth-order valence-corrected chi connectivity index (χ4v) is 2.28. The van der Waals surface area contributed by atoms with Gasteiger partial charge in [-0.15, -0.1) is 0 Å². The van der Waals surface area contributed by atoms with Crippen LogP contribution < -0.4 is 10.6 Å². The highest BCUT2D eigenvalue weighted by molar-refractivity contribution is 9.10. The highest BCUT2D eigenvalue weighted by atomic mass is 79.9. The monoisotopic (exact) mass is 306 g/mol. The number of nitrogens with two attached hydrogens (primary N) is 1. The minimum absolute atomic E-state index is 0.124. The Hall–Kier alpha value is -0.750. The molecule has 1 aromatic rings. The van der Waals surface area contributed by atoms with Gasteiger partial charge in [0.1, 0.15) is 9.84 Å². The average molecular weight is 307 g/mol. The van der Waals surface area contributed by atoms with Gasteiger partial charge in [0.2, 0.25) is 0 Å². The Bertz CT molecular complexity index is 474. The molecule has 0 saturated heterocycles. The van der Waals surface area contributed by atoms with E-state index in [0.717, 1.165) is 10.2 Å². The Labute approximate surface area is 104 Å². The zero-order chi connectivity index (χ0) is 12.3. The Kier molecular flexibility index (Phi) is 4.21. The SMILES string of the molecule is CN(CCS(C)(=O)=O)c1ccc(Br)cc1N. The van der Waals surface area contributed by atoms with E-state index in [9.17, 15) is 8.42 Å². The van der Waals surface area contributed by atoms with Crippen molar-refractivity contribution in [2.45, 2.75) is 0 Å². The summed E-state index contributed by atoms with van der Waals surface area (Å²) >= 11 is 3.32. The van der Waals surface area contributed by atoms with Crippen molar-refractivity contribution in [3.63, 3.8) is 0 Å². The van der Waals surface area contributed by atoms with E-state index in [4.69, 9.17) is 5.73 Å². The molecule has 2 N–H and O–H groups in total. The van der Waals surface area contributed by atoms with E-state index in [1.165, 1.54) is 6.26 Å². The van der Waals surface area contributed by atoms with Crippen molar-refractivity contribution in [3.05, 3.63) is 22.7 Å². The molecule has 0 saturated carbocycles. The maximum atomic E-state index is 11.0. The van der Waals surface area contributed by atoms with Crippen molar-refractivity contribution in [2.75, 3.05) is 36.2 Å². The minimum atomic E-state index is -2.94. The van der Waals surface area contributed by atoms with E-state index in [0.29, 0.717) is 12.2 Å². The van der Waals surface area contributed by atoms with Crippen molar-refractivity contribution in [3.8, 4) is 0 Å². The van der Waals surface area contributed by atoms with Gasteiger partial charge in [-0.05, 0) is 18.2 Å². The van der Waals surface area contributed by atoms with E-state index in [-0.39, 0.29) is 5.75 Å². The van der Waals surface area contributed by atoms with Crippen molar-refractivity contribution in [1.82, 2.24) is 0 Å². The number of hydrogen-bond donors (Lipinski definition) is 1. The second-order valence-corrected chi connectivity index (χ2v) is 6.93. The molecule has 0 fully saturated rings. The molecule has 16 heavy (non-hydrogen) atoms. The summed E-state index contributed by atoms with van der Waals surface area (Å²) in [7, 11) is -1.12. The maximum absolute atomic E-state index is 11.0. The highest BCUT2D eigenvalue weighted by Crippen LogP contribution is 2.25. The Balaban J connectivity index is 2.77. The van der Waals surface area contributed by atoms with Gasteiger partial charge in [0, 0.05) is 24.3 Å². The van der Waals surface area contributed by atoms with Crippen LogP contribution in [0.25, 0.3) is 0 Å². The number of rotatable bonds is 4. The molecule has 0 unspecified atom stereocenters. The van der Waals surface area contributed by atoms with Crippen LogP contribution >= 0.6 is 15.9 Å². The lowest BCUT2D eigenvalue weighted by Crippen LogP contribution is -2.25. The fraction of sp³-hybridized carbons (Fsp3) is 0.400. The summed E-state index contributed by atoms with van der Waals surface area (Å²) in [6, 6.07) is 5.54. The predicted molar refractivity (Wildman–Crippen MR) is 71.5 cm³/mol. The summed E-state index contributed by atoms with van der Waals surface area (Å²) in [4.78, 5) is 1.84. The summed E-state index contributed by atoms with van der Waals surface area (Å²) in [5.41, 5.74) is 7.31. The lowest BCUT2D eigenvalue weighted by atomic mass is 10.2. The van der Waals surface area contributed by atoms with Gasteiger partial charge in [0.05, 0.1) is 17.1 Å². The quantitative estimate of drug-likeness (QED) is 0.857. The molecular formula is C10H15BrN2O2S. The maximum Gasteiger partial charge on any atom is 0.149 e. The molecule has 0 aliphatic rings. The molecule has 0 amide bonds. The number of halogens is 1. The summed E-state index contributed by atoms with van der Waals surface area (Å²) in [5.74, 6) is 0.124. The third kappa shape index (κ3) is 4.02. The second kappa shape index (κ2) is 5.05. The van der Waals surface area contributed by atoms with Crippen molar-refractivity contribution < 1.29 is 8.42 Å². The van der Waals surface area contributed by atoms with E-state index >= 15 is 0 Å². The molecular weight excluding hydrogens is 292 g/mol. The lowest BCUT2D eigenvalue weighted by Gasteiger charge is -2.20. The van der Waals surface area contributed by atoms with Gasteiger partial charge in [-0.2, -0.15) is 0 Å². The topological polar surface area (TPSA) is 63.4 Å². The van der Waals surface area contributed by atoms with E-state index in [1.54, 1.807) is 6.07 Å². The van der Waals surface area contributed by atoms with Crippen molar-refractivity contribution in [1.29, 1.82) is 0 Å². The molecule has 0 heterocycles. The molecule has 0 aliphatic carbocycles. The standard InChI is InChI=1S/C10H15BrN2O2S/c1-13(5-6-16(2,14)15)10-4-3-8(11)7-9(10)12/h3-4,7H,5-6,12H2,1-2H3. The van der Waals surface area contributed by atoms with Gasteiger partial charge >= 0.3 is 0 Å². The van der Waals surface area contributed by atoms with Gasteiger partial charge in [-0.25, -0.2) is 8.42 Å². The molecule has 1 aromatic carbocycles. The van der Waals surface area contributed by atoms with Crippen molar-refractivity contribution in [2.24, 2.45) is 0 Å². The average Bonchev–Trinajstić information content (AvgIpc) is 2.13. The third-order valence-corrected chi connectivity index (χ3v) is 3.62. The van der Waals surface area contributed by atoms with Gasteiger partial charge in [0.25, 0.3) is 0 Å². The van der Waals surface area contributed by atoms with Crippen LogP contribution in [0.4, 0.5) is 11.4 Å². The number of benzene rings is 1. The van der Waals surface area contributed by atoms with Gasteiger partial charge in [0.15, 0.2) is 0 Å². The molecule has 4 nitrogen and oxygen atoms in total. The Morgan fingerprint density at radius 3 is 2.56 bits per heavy atom. The fourth-order valence-electron chi connectivity index (χ4n) is 1.30. The first-order valence-corrected chi connectivity index (χ1v) is 7.59. The third-order valence-electron chi connectivity index (χ3n) is 2.20. The number of anilines is 2. The van der Waals surface area contributed by atoms with Gasteiger partial charge in [-0.1, -0.05) is 15.9 Å². The molecule has 0 radical (unpaired) electrons. The number of nitrogen functional groups attached to an aromatic ring is 1. The highest BCUT2D eigenvalue weighted by Gasteiger charge is 2.08. The zero-order valence-electron chi connectivity index (χ0n) is 9.27. The molecule has 6 heteroatoms. The molecule has 0 bridgehead atoms. The zero-order valence-corrected chi connectivity index (χ0v) is 11.7. The number of nitrogens with zero attached hydrogens (tertiary/aromatic N) is 1. The predicted octanol–water partition coefficient (Wildman–Crippen LogP) is 1.51. The second-order valence-electron chi connectivity index (χ2n) is 3.75. The van der Waals surface area contributed by atoms with Crippen LogP contribution in [0.1, 0.15) is 0 Å². The first-order valence-electron chi connectivity index (χ1n) is 4.73. The van der Waals surface area contributed by atoms with Crippen LogP contribution in [0.5, 0.6) is 0 Å². The molecule has 0 aromatic heterocycles. The smallest absolute Gasteiger partial charge is 0.149 e. The van der Waals surface area contributed by atoms with Crippen LogP contribution in [-0.4, -0.2) is 34.0 Å². The Morgan fingerprint density at radius 2 is 2.06 bits per heavy atom. The van der Waals surface area contributed by atoms with Crippen molar-refractivity contribution >= 4 is 37.1 Å². The lowest BCUT2D eigenvalue weighted by molar-refractivity contribution is 0.601. The largest absolute Gasteiger partial charge is 0.397 e. The normalized spacial score (nSPS) is 11.4.